The minimum Gasteiger partial charge on any atom is -0.467 e. The van der Waals surface area contributed by atoms with Gasteiger partial charge in [0.05, 0.1) is 6.26 Å². The van der Waals surface area contributed by atoms with Crippen LogP contribution in [0.15, 0.2) is 52.1 Å². The molecule has 3 N–H and O–H groups in total. The first-order chi connectivity index (χ1) is 11.8. The maximum Gasteiger partial charge on any atom is 0.191 e. The average molecular weight is 452 g/mol. The number of nitrogens with one attached hydrogen (secondary N) is 3. The predicted molar refractivity (Wildman–Crippen MR) is 114 cm³/mol. The van der Waals surface area contributed by atoms with Crippen LogP contribution in [-0.2, 0) is 13.0 Å². The van der Waals surface area contributed by atoms with Gasteiger partial charge in [-0.1, -0.05) is 18.2 Å². The van der Waals surface area contributed by atoms with E-state index in [1.165, 1.54) is 22.2 Å². The number of aromatic nitrogens is 1. The van der Waals surface area contributed by atoms with Crippen LogP contribution in [0.5, 0.6) is 0 Å². The van der Waals surface area contributed by atoms with Crippen molar-refractivity contribution >= 4 is 40.8 Å². The Balaban J connectivity index is 0.00000225. The summed E-state index contributed by atoms with van der Waals surface area (Å²) in [5, 5.41) is 7.96. The largest absolute Gasteiger partial charge is 0.467 e. The molecular formula is C19H25IN4O. The van der Waals surface area contributed by atoms with Gasteiger partial charge in [0.25, 0.3) is 0 Å². The predicted octanol–water partition coefficient (Wildman–Crippen LogP) is 3.99. The molecule has 0 amide bonds. The van der Waals surface area contributed by atoms with Crippen molar-refractivity contribution < 1.29 is 4.42 Å². The molecule has 3 rings (SSSR count). The fourth-order valence-corrected chi connectivity index (χ4v) is 2.86. The molecule has 0 spiro atoms. The van der Waals surface area contributed by atoms with Gasteiger partial charge >= 0.3 is 0 Å². The molecule has 134 valence electrons. The number of fused-ring (bicyclic) bond motifs is 1. The molecule has 0 fully saturated rings. The highest BCUT2D eigenvalue weighted by molar-refractivity contribution is 14.0. The summed E-state index contributed by atoms with van der Waals surface area (Å²) in [6, 6.07) is 12.2. The van der Waals surface area contributed by atoms with Crippen molar-refractivity contribution in [3.63, 3.8) is 0 Å². The molecule has 0 aliphatic carbocycles. The molecule has 0 radical (unpaired) electrons. The van der Waals surface area contributed by atoms with Crippen LogP contribution in [-0.4, -0.2) is 24.0 Å². The summed E-state index contributed by atoms with van der Waals surface area (Å²) in [5.74, 6) is 1.67. The molecule has 0 saturated heterocycles. The second-order valence-electron chi connectivity index (χ2n) is 5.73. The molecule has 6 heteroatoms. The Kier molecular flexibility index (Phi) is 7.36. The molecular weight excluding hydrogens is 427 g/mol. The number of para-hydroxylation sites is 1. The van der Waals surface area contributed by atoms with Crippen molar-refractivity contribution in [2.24, 2.45) is 4.99 Å². The Labute approximate surface area is 165 Å². The second kappa shape index (κ2) is 9.50. The molecule has 0 bridgehead atoms. The lowest BCUT2D eigenvalue weighted by Gasteiger charge is -2.11. The van der Waals surface area contributed by atoms with Gasteiger partial charge < -0.3 is 20.0 Å². The van der Waals surface area contributed by atoms with E-state index in [9.17, 15) is 0 Å². The Morgan fingerprint density at radius 1 is 1.16 bits per heavy atom. The third kappa shape index (κ3) is 5.01. The summed E-state index contributed by atoms with van der Waals surface area (Å²) in [6.07, 6.45) is 2.62. The molecule has 2 aromatic heterocycles. The third-order valence-electron chi connectivity index (χ3n) is 4.01. The Morgan fingerprint density at radius 3 is 2.76 bits per heavy atom. The normalized spacial score (nSPS) is 11.4. The minimum absolute atomic E-state index is 0. The first kappa shape index (κ1) is 19.4. The van der Waals surface area contributed by atoms with E-state index in [-0.39, 0.29) is 24.0 Å². The zero-order chi connectivity index (χ0) is 16.8. The smallest absolute Gasteiger partial charge is 0.191 e. The average Bonchev–Trinajstić information content (AvgIpc) is 3.20. The lowest BCUT2D eigenvalue weighted by Crippen LogP contribution is -2.38. The number of furan rings is 1. The first-order valence-corrected chi connectivity index (χ1v) is 8.38. The van der Waals surface area contributed by atoms with Gasteiger partial charge in [-0.2, -0.15) is 0 Å². The van der Waals surface area contributed by atoms with Crippen molar-refractivity contribution in [1.29, 1.82) is 0 Å². The van der Waals surface area contributed by atoms with Gasteiger partial charge in [-0.25, -0.2) is 4.99 Å². The van der Waals surface area contributed by atoms with Gasteiger partial charge in [0.1, 0.15) is 12.3 Å². The van der Waals surface area contributed by atoms with Gasteiger partial charge in [-0.05, 0) is 44.0 Å². The number of nitrogens with zero attached hydrogens (tertiary/aromatic N) is 1. The molecule has 2 heterocycles. The second-order valence-corrected chi connectivity index (χ2v) is 5.73. The van der Waals surface area contributed by atoms with Gasteiger partial charge in [0, 0.05) is 29.7 Å². The third-order valence-corrected chi connectivity index (χ3v) is 4.01. The number of H-pyrrole nitrogens is 1. The summed E-state index contributed by atoms with van der Waals surface area (Å²) in [7, 11) is 0. The number of hydrogen-bond acceptors (Lipinski definition) is 2. The van der Waals surface area contributed by atoms with Crippen molar-refractivity contribution in [3.05, 3.63) is 59.7 Å². The number of halogens is 1. The van der Waals surface area contributed by atoms with Crippen LogP contribution in [0.25, 0.3) is 10.9 Å². The summed E-state index contributed by atoms with van der Waals surface area (Å²) in [4.78, 5) is 8.00. The molecule has 0 aliphatic rings. The molecule has 0 aliphatic heterocycles. The van der Waals surface area contributed by atoms with Gasteiger partial charge in [0.15, 0.2) is 5.96 Å². The number of aliphatic imine (C=N–C) groups is 1. The zero-order valence-corrected chi connectivity index (χ0v) is 17.0. The van der Waals surface area contributed by atoms with Crippen LogP contribution in [0.2, 0.25) is 0 Å². The monoisotopic (exact) mass is 452 g/mol. The van der Waals surface area contributed by atoms with Gasteiger partial charge in [-0.15, -0.1) is 24.0 Å². The maximum atomic E-state index is 5.32. The molecule has 25 heavy (non-hydrogen) atoms. The summed E-state index contributed by atoms with van der Waals surface area (Å²) >= 11 is 0. The SMILES string of the molecule is CCNC(=NCc1ccco1)NCCc1c(C)[nH]c2ccccc12.I. The van der Waals surface area contributed by atoms with Crippen molar-refractivity contribution in [1.82, 2.24) is 15.6 Å². The van der Waals surface area contributed by atoms with Crippen LogP contribution in [0.1, 0.15) is 23.9 Å². The Morgan fingerprint density at radius 2 is 2.00 bits per heavy atom. The molecule has 0 unspecified atom stereocenters. The van der Waals surface area contributed by atoms with E-state index in [0.29, 0.717) is 6.54 Å². The van der Waals surface area contributed by atoms with E-state index >= 15 is 0 Å². The molecule has 0 saturated carbocycles. The van der Waals surface area contributed by atoms with E-state index in [0.717, 1.165) is 31.2 Å². The highest BCUT2D eigenvalue weighted by atomic mass is 127. The van der Waals surface area contributed by atoms with E-state index in [1.54, 1.807) is 6.26 Å². The van der Waals surface area contributed by atoms with Crippen LogP contribution >= 0.6 is 24.0 Å². The molecule has 0 atom stereocenters. The van der Waals surface area contributed by atoms with E-state index in [4.69, 9.17) is 4.42 Å². The quantitative estimate of drug-likeness (QED) is 0.301. The van der Waals surface area contributed by atoms with Gasteiger partial charge in [0.2, 0.25) is 0 Å². The lowest BCUT2D eigenvalue weighted by atomic mass is 10.1. The lowest BCUT2D eigenvalue weighted by molar-refractivity contribution is 0.512. The minimum atomic E-state index is 0. The number of benzene rings is 1. The molecule has 1 aromatic carbocycles. The van der Waals surface area contributed by atoms with Crippen molar-refractivity contribution in [3.8, 4) is 0 Å². The highest BCUT2D eigenvalue weighted by Gasteiger charge is 2.07. The van der Waals surface area contributed by atoms with E-state index < -0.39 is 0 Å². The maximum absolute atomic E-state index is 5.32. The number of rotatable bonds is 6. The van der Waals surface area contributed by atoms with Crippen LogP contribution in [0, 0.1) is 6.92 Å². The fraction of sp³-hybridized carbons (Fsp3) is 0.316. The fourth-order valence-electron chi connectivity index (χ4n) is 2.86. The number of aryl methyl sites for hydroxylation is 1. The zero-order valence-electron chi connectivity index (χ0n) is 14.6. The number of guanidine groups is 1. The topological polar surface area (TPSA) is 65.3 Å². The summed E-state index contributed by atoms with van der Waals surface area (Å²) < 4.78 is 5.32. The standard InChI is InChI=1S/C19H24N4O.HI/c1-3-20-19(22-13-15-7-6-12-24-15)21-11-10-16-14(2)23-18-9-5-4-8-17(16)18;/h4-9,12,23H,3,10-11,13H2,1-2H3,(H2,20,21,22);1H. The van der Waals surface area contributed by atoms with E-state index in [1.807, 2.05) is 12.1 Å². The Bertz CT molecular complexity index is 808. The van der Waals surface area contributed by atoms with Crippen LogP contribution in [0.4, 0.5) is 0 Å². The summed E-state index contributed by atoms with van der Waals surface area (Å²) in [6.45, 7) is 6.39. The Hall–Kier alpha value is -1.96. The van der Waals surface area contributed by atoms with E-state index in [2.05, 4.69) is 58.7 Å². The molecule has 3 aromatic rings. The van der Waals surface area contributed by atoms with Crippen molar-refractivity contribution in [2.75, 3.05) is 13.1 Å². The van der Waals surface area contributed by atoms with Crippen molar-refractivity contribution in [2.45, 2.75) is 26.8 Å². The number of aromatic amines is 1. The highest BCUT2D eigenvalue weighted by Crippen LogP contribution is 2.21. The number of hydrogen-bond donors (Lipinski definition) is 3. The molecule has 5 nitrogen and oxygen atoms in total. The van der Waals surface area contributed by atoms with Gasteiger partial charge in [-0.3, -0.25) is 0 Å². The van der Waals surface area contributed by atoms with Crippen LogP contribution in [0.3, 0.4) is 0 Å². The first-order valence-electron chi connectivity index (χ1n) is 8.38. The summed E-state index contributed by atoms with van der Waals surface area (Å²) in [5.41, 5.74) is 3.79. The van der Waals surface area contributed by atoms with Crippen LogP contribution < -0.4 is 10.6 Å².